The van der Waals surface area contributed by atoms with Crippen molar-refractivity contribution in [2.75, 3.05) is 57.3 Å². The summed E-state index contributed by atoms with van der Waals surface area (Å²) in [5, 5.41) is 19.5. The predicted octanol–water partition coefficient (Wildman–Crippen LogP) is 4.94. The number of carbonyl (C=O) groups is 1. The number of amides is 1. The third kappa shape index (κ3) is 5.86. The maximum atomic E-state index is 12.3. The quantitative estimate of drug-likeness (QED) is 0.468. The number of rotatable bonds is 8. The summed E-state index contributed by atoms with van der Waals surface area (Å²) in [4.78, 5) is 19.0. The van der Waals surface area contributed by atoms with Gasteiger partial charge in [0.05, 0.1) is 17.9 Å². The lowest BCUT2D eigenvalue weighted by Gasteiger charge is -2.40. The number of aryl methyl sites for hydroxylation is 1. The molecule has 0 bridgehead atoms. The Morgan fingerprint density at radius 3 is 2.56 bits per heavy atom. The third-order valence-corrected chi connectivity index (χ3v) is 8.37. The number of carbonyl (C=O) groups excluding carboxylic acids is 1. The fourth-order valence-corrected chi connectivity index (χ4v) is 6.11. The van der Waals surface area contributed by atoms with Gasteiger partial charge in [-0.2, -0.15) is 15.5 Å². The second kappa shape index (κ2) is 11.9. The Bertz CT molecular complexity index is 1300. The standard InChI is InChI=1S/C30H35ClN6O2/c1-22-5-3-4-6-29(22)36-16-14-35(15-17-36)20-26(39-18-12-32)19-30(24-7-9-25(31)10-8-24)27-21-37(23(2)38)13-11-28(27)33-34-30/h3-10,26H,11,13-21H2,1-2H3. The van der Waals surface area contributed by atoms with Gasteiger partial charge in [-0.05, 0) is 36.2 Å². The number of para-hydroxylation sites is 1. The lowest BCUT2D eigenvalue weighted by atomic mass is 9.77. The average molecular weight is 547 g/mol. The minimum absolute atomic E-state index is 0.00710. The monoisotopic (exact) mass is 546 g/mol. The number of benzene rings is 2. The molecule has 1 saturated heterocycles. The zero-order valence-corrected chi connectivity index (χ0v) is 23.4. The molecule has 5 rings (SSSR count). The van der Waals surface area contributed by atoms with Gasteiger partial charge in [0.25, 0.3) is 0 Å². The van der Waals surface area contributed by atoms with Crippen molar-refractivity contribution in [1.82, 2.24) is 9.80 Å². The van der Waals surface area contributed by atoms with E-state index in [2.05, 4.69) is 52.2 Å². The van der Waals surface area contributed by atoms with E-state index in [-0.39, 0.29) is 18.6 Å². The molecule has 1 fully saturated rings. The van der Waals surface area contributed by atoms with Crippen LogP contribution in [0.25, 0.3) is 0 Å². The van der Waals surface area contributed by atoms with Gasteiger partial charge in [0.1, 0.15) is 12.1 Å². The lowest BCUT2D eigenvalue weighted by molar-refractivity contribution is -0.128. The zero-order valence-electron chi connectivity index (χ0n) is 22.6. The van der Waals surface area contributed by atoms with Crippen molar-refractivity contribution < 1.29 is 9.53 Å². The molecule has 2 atom stereocenters. The first-order valence-electron chi connectivity index (χ1n) is 13.6. The third-order valence-electron chi connectivity index (χ3n) is 8.12. The summed E-state index contributed by atoms with van der Waals surface area (Å²) < 4.78 is 6.16. The summed E-state index contributed by atoms with van der Waals surface area (Å²) in [7, 11) is 0. The van der Waals surface area contributed by atoms with Gasteiger partial charge in [-0.15, -0.1) is 0 Å². The molecule has 2 aromatic rings. The summed E-state index contributed by atoms with van der Waals surface area (Å²) in [6.07, 6.45) is 0.963. The van der Waals surface area contributed by atoms with Crippen LogP contribution in [0.2, 0.25) is 5.02 Å². The number of hydrogen-bond acceptors (Lipinski definition) is 7. The zero-order chi connectivity index (χ0) is 27.4. The molecule has 0 aliphatic carbocycles. The highest BCUT2D eigenvalue weighted by Crippen LogP contribution is 2.47. The number of nitrogens with zero attached hydrogens (tertiary/aromatic N) is 6. The summed E-state index contributed by atoms with van der Waals surface area (Å²) in [5.74, 6) is 0.0438. The van der Waals surface area contributed by atoms with Gasteiger partial charge < -0.3 is 14.5 Å². The molecule has 3 heterocycles. The molecule has 0 radical (unpaired) electrons. The molecular formula is C30H35ClN6O2. The summed E-state index contributed by atoms with van der Waals surface area (Å²) >= 11 is 6.24. The van der Waals surface area contributed by atoms with Gasteiger partial charge in [-0.25, -0.2) is 0 Å². The molecule has 0 saturated carbocycles. The van der Waals surface area contributed by atoms with Crippen molar-refractivity contribution >= 4 is 23.2 Å². The number of piperazine rings is 1. The first-order chi connectivity index (χ1) is 18.9. The summed E-state index contributed by atoms with van der Waals surface area (Å²) in [6.45, 7) is 9.26. The first-order valence-corrected chi connectivity index (χ1v) is 14.0. The van der Waals surface area contributed by atoms with E-state index in [1.807, 2.05) is 29.2 Å². The molecule has 1 amide bonds. The average Bonchev–Trinajstić information content (AvgIpc) is 3.31. The van der Waals surface area contributed by atoms with Crippen LogP contribution in [0.3, 0.4) is 0 Å². The van der Waals surface area contributed by atoms with E-state index >= 15 is 0 Å². The van der Waals surface area contributed by atoms with E-state index < -0.39 is 5.54 Å². The molecule has 8 nitrogen and oxygen atoms in total. The van der Waals surface area contributed by atoms with Crippen molar-refractivity contribution in [3.05, 3.63) is 76.0 Å². The van der Waals surface area contributed by atoms with E-state index in [1.54, 1.807) is 6.92 Å². The molecule has 9 heteroatoms. The SMILES string of the molecule is CC(=O)N1CCC2=C(C1)C(CC(CN1CCN(c3ccccc3C)CC1)OCC#N)(c1ccc(Cl)cc1)N=N2. The largest absolute Gasteiger partial charge is 0.369 e. The molecule has 2 aromatic carbocycles. The van der Waals surface area contributed by atoms with Gasteiger partial charge in [-0.3, -0.25) is 9.69 Å². The number of nitriles is 1. The molecule has 204 valence electrons. The van der Waals surface area contributed by atoms with Crippen molar-refractivity contribution in [3.8, 4) is 6.07 Å². The molecule has 0 N–H and O–H groups in total. The minimum Gasteiger partial charge on any atom is -0.369 e. The van der Waals surface area contributed by atoms with E-state index in [0.29, 0.717) is 37.5 Å². The Balaban J connectivity index is 1.38. The van der Waals surface area contributed by atoms with Crippen LogP contribution in [0.15, 0.2) is 70.0 Å². The van der Waals surface area contributed by atoms with Crippen LogP contribution in [-0.4, -0.2) is 74.2 Å². The van der Waals surface area contributed by atoms with Crippen LogP contribution < -0.4 is 4.90 Å². The number of halogens is 1. The van der Waals surface area contributed by atoms with Gasteiger partial charge >= 0.3 is 0 Å². The predicted molar refractivity (Wildman–Crippen MR) is 152 cm³/mol. The van der Waals surface area contributed by atoms with Crippen molar-refractivity contribution in [2.45, 2.75) is 38.3 Å². The lowest BCUT2D eigenvalue weighted by Crippen LogP contribution is -2.50. The fraction of sp³-hybridized carbons (Fsp3) is 0.467. The Morgan fingerprint density at radius 2 is 1.87 bits per heavy atom. The van der Waals surface area contributed by atoms with Gasteiger partial charge in [0.2, 0.25) is 5.91 Å². The Labute approximate surface area is 235 Å². The second-order valence-electron chi connectivity index (χ2n) is 10.6. The molecule has 2 unspecified atom stereocenters. The minimum atomic E-state index is -0.767. The highest BCUT2D eigenvalue weighted by atomic mass is 35.5. The van der Waals surface area contributed by atoms with E-state index in [9.17, 15) is 10.1 Å². The molecule has 3 aliphatic rings. The highest BCUT2D eigenvalue weighted by molar-refractivity contribution is 6.30. The van der Waals surface area contributed by atoms with Gasteiger partial charge in [-0.1, -0.05) is 41.9 Å². The topological polar surface area (TPSA) is 84.5 Å². The van der Waals surface area contributed by atoms with Crippen molar-refractivity contribution in [2.24, 2.45) is 10.2 Å². The van der Waals surface area contributed by atoms with Crippen LogP contribution in [-0.2, 0) is 15.1 Å². The Kier molecular flexibility index (Phi) is 8.31. The van der Waals surface area contributed by atoms with Crippen LogP contribution in [0, 0.1) is 18.3 Å². The maximum Gasteiger partial charge on any atom is 0.219 e. The van der Waals surface area contributed by atoms with E-state index in [4.69, 9.17) is 21.5 Å². The highest BCUT2D eigenvalue weighted by Gasteiger charge is 2.46. The Morgan fingerprint density at radius 1 is 1.13 bits per heavy atom. The fourth-order valence-electron chi connectivity index (χ4n) is 5.99. The number of ether oxygens (including phenoxy) is 1. The maximum absolute atomic E-state index is 12.3. The smallest absolute Gasteiger partial charge is 0.219 e. The number of hydrogen-bond donors (Lipinski definition) is 0. The van der Waals surface area contributed by atoms with Crippen LogP contribution in [0.5, 0.6) is 0 Å². The van der Waals surface area contributed by atoms with Crippen molar-refractivity contribution in [3.63, 3.8) is 0 Å². The normalized spacial score (nSPS) is 22.1. The van der Waals surface area contributed by atoms with Gasteiger partial charge in [0, 0.05) is 81.9 Å². The summed E-state index contributed by atoms with van der Waals surface area (Å²) in [5.41, 5.74) is 4.77. The Hall–Kier alpha value is -3.25. The molecule has 3 aliphatic heterocycles. The van der Waals surface area contributed by atoms with Crippen LogP contribution in [0.4, 0.5) is 5.69 Å². The number of azo groups is 1. The molecule has 39 heavy (non-hydrogen) atoms. The van der Waals surface area contributed by atoms with E-state index in [0.717, 1.165) is 43.0 Å². The second-order valence-corrected chi connectivity index (χ2v) is 11.0. The van der Waals surface area contributed by atoms with E-state index in [1.165, 1.54) is 11.3 Å². The number of anilines is 1. The van der Waals surface area contributed by atoms with Crippen LogP contribution in [0.1, 0.15) is 30.9 Å². The van der Waals surface area contributed by atoms with Crippen molar-refractivity contribution in [1.29, 1.82) is 5.26 Å². The van der Waals surface area contributed by atoms with Gasteiger partial charge in [0.15, 0.2) is 0 Å². The molecule has 0 spiro atoms. The summed E-state index contributed by atoms with van der Waals surface area (Å²) in [6, 6.07) is 18.4. The van der Waals surface area contributed by atoms with Crippen LogP contribution >= 0.6 is 11.6 Å². The molecular weight excluding hydrogens is 512 g/mol. The first kappa shape index (κ1) is 27.3. The molecule has 0 aromatic heterocycles.